The normalized spacial score (nSPS) is 44.8. The lowest BCUT2D eigenvalue weighted by Crippen LogP contribution is -2.47. The fourth-order valence-corrected chi connectivity index (χ4v) is 4.19. The van der Waals surface area contributed by atoms with Crippen LogP contribution in [-0.2, 0) is 0 Å². The Hall–Kier alpha value is -0.0800. The molecule has 3 unspecified atom stereocenters. The van der Waals surface area contributed by atoms with E-state index in [2.05, 4.69) is 4.90 Å². The molecule has 2 heteroatoms. The van der Waals surface area contributed by atoms with E-state index < -0.39 is 0 Å². The van der Waals surface area contributed by atoms with Gasteiger partial charge in [0.25, 0.3) is 0 Å². The van der Waals surface area contributed by atoms with Crippen molar-refractivity contribution in [3.63, 3.8) is 0 Å². The van der Waals surface area contributed by atoms with E-state index in [9.17, 15) is 5.11 Å². The zero-order chi connectivity index (χ0) is 11.0. The van der Waals surface area contributed by atoms with Crippen LogP contribution in [0.3, 0.4) is 0 Å². The highest BCUT2D eigenvalue weighted by Gasteiger charge is 2.45. The molecule has 0 spiro atoms. The Balaban J connectivity index is 1.63. The molecule has 1 aliphatic carbocycles. The smallest absolute Gasteiger partial charge is 0.0703 e. The summed E-state index contributed by atoms with van der Waals surface area (Å²) in [4.78, 5) is 2.53. The summed E-state index contributed by atoms with van der Waals surface area (Å²) >= 11 is 0. The van der Waals surface area contributed by atoms with Crippen molar-refractivity contribution < 1.29 is 5.11 Å². The quantitative estimate of drug-likeness (QED) is 0.777. The third-order valence-corrected chi connectivity index (χ3v) is 5.26. The van der Waals surface area contributed by atoms with Gasteiger partial charge in [0.1, 0.15) is 0 Å². The van der Waals surface area contributed by atoms with E-state index in [1.54, 1.807) is 0 Å². The van der Waals surface area contributed by atoms with E-state index in [-0.39, 0.29) is 5.60 Å². The van der Waals surface area contributed by atoms with Crippen LogP contribution in [0.1, 0.15) is 51.4 Å². The number of hydrogen-bond acceptors (Lipinski definition) is 2. The van der Waals surface area contributed by atoms with Gasteiger partial charge in [-0.3, -0.25) is 0 Å². The summed E-state index contributed by atoms with van der Waals surface area (Å²) in [6.07, 6.45) is 10.3. The van der Waals surface area contributed by atoms with Crippen molar-refractivity contribution >= 4 is 0 Å². The molecule has 2 bridgehead atoms. The average Bonchev–Trinajstić information content (AvgIpc) is 2.72. The van der Waals surface area contributed by atoms with E-state index in [1.165, 1.54) is 51.6 Å². The van der Waals surface area contributed by atoms with Gasteiger partial charge in [0, 0.05) is 19.0 Å². The number of hydrogen-bond donors (Lipinski definition) is 1. The highest BCUT2D eigenvalue weighted by atomic mass is 16.3. The van der Waals surface area contributed by atoms with Crippen molar-refractivity contribution in [1.29, 1.82) is 0 Å². The van der Waals surface area contributed by atoms with Crippen LogP contribution in [0, 0.1) is 11.8 Å². The van der Waals surface area contributed by atoms with Crippen LogP contribution in [-0.4, -0.2) is 35.2 Å². The lowest BCUT2D eigenvalue weighted by Gasteiger charge is -2.41. The second-order valence-electron chi connectivity index (χ2n) is 6.35. The summed E-state index contributed by atoms with van der Waals surface area (Å²) in [5, 5.41) is 10.9. The summed E-state index contributed by atoms with van der Waals surface area (Å²) in [5.41, 5.74) is -0.297. The molecule has 1 saturated carbocycles. The summed E-state index contributed by atoms with van der Waals surface area (Å²) in [6.45, 7) is 3.54. The van der Waals surface area contributed by atoms with Gasteiger partial charge in [0.05, 0.1) is 5.60 Å². The van der Waals surface area contributed by atoms with Crippen LogP contribution < -0.4 is 0 Å². The van der Waals surface area contributed by atoms with Gasteiger partial charge in [-0.15, -0.1) is 0 Å². The average molecular weight is 223 g/mol. The van der Waals surface area contributed by atoms with Crippen LogP contribution in [0.4, 0.5) is 0 Å². The molecule has 3 aliphatic rings. The molecule has 3 atom stereocenters. The number of nitrogens with zero attached hydrogens (tertiary/aromatic N) is 1. The first-order valence-corrected chi connectivity index (χ1v) is 7.21. The Morgan fingerprint density at radius 2 is 1.88 bits per heavy atom. The van der Waals surface area contributed by atoms with Gasteiger partial charge in [-0.05, 0) is 31.7 Å². The maximum atomic E-state index is 10.9. The number of rotatable bonds is 2. The Bertz CT molecular complexity index is 249. The fraction of sp³-hybridized carbons (Fsp3) is 1.00. The molecule has 2 saturated heterocycles. The molecule has 0 aromatic rings. The zero-order valence-electron chi connectivity index (χ0n) is 10.3. The highest BCUT2D eigenvalue weighted by molar-refractivity contribution is 4.98. The monoisotopic (exact) mass is 223 g/mol. The molecule has 0 radical (unpaired) electrons. The molecule has 0 amide bonds. The van der Waals surface area contributed by atoms with Gasteiger partial charge >= 0.3 is 0 Å². The Kier molecular flexibility index (Phi) is 2.97. The molecule has 92 valence electrons. The number of fused-ring (bicyclic) bond motifs is 2. The van der Waals surface area contributed by atoms with E-state index >= 15 is 0 Å². The van der Waals surface area contributed by atoms with Gasteiger partial charge in [-0.1, -0.05) is 32.1 Å². The number of piperidine rings is 1. The topological polar surface area (TPSA) is 23.5 Å². The summed E-state index contributed by atoms with van der Waals surface area (Å²) in [5.74, 6) is 1.41. The van der Waals surface area contributed by atoms with E-state index in [1.807, 2.05) is 0 Å². The van der Waals surface area contributed by atoms with Crippen molar-refractivity contribution in [3.8, 4) is 0 Å². The molecule has 0 aromatic heterocycles. The maximum Gasteiger partial charge on any atom is 0.0703 e. The first-order valence-electron chi connectivity index (χ1n) is 7.21. The van der Waals surface area contributed by atoms with Crippen LogP contribution in [0.2, 0.25) is 0 Å². The lowest BCUT2D eigenvalue weighted by atomic mass is 9.73. The molecule has 2 nitrogen and oxygen atoms in total. The standard InChI is InChI=1S/C14H25NO/c16-14(10-12-4-2-1-3-5-12)7-9-15-8-6-13(14)11-15/h12-13,16H,1-11H2. The summed E-state index contributed by atoms with van der Waals surface area (Å²) < 4.78 is 0. The highest BCUT2D eigenvalue weighted by Crippen LogP contribution is 2.42. The first kappa shape index (κ1) is 11.0. The maximum absolute atomic E-state index is 10.9. The van der Waals surface area contributed by atoms with Gasteiger partial charge in [0.15, 0.2) is 0 Å². The molecular formula is C14H25NO. The van der Waals surface area contributed by atoms with Crippen LogP contribution in [0.5, 0.6) is 0 Å². The Morgan fingerprint density at radius 3 is 2.69 bits per heavy atom. The third kappa shape index (κ3) is 2.02. The molecular weight excluding hydrogens is 198 g/mol. The van der Waals surface area contributed by atoms with Gasteiger partial charge in [-0.2, -0.15) is 0 Å². The third-order valence-electron chi connectivity index (χ3n) is 5.26. The summed E-state index contributed by atoms with van der Waals surface area (Å²) in [6, 6.07) is 0. The van der Waals surface area contributed by atoms with Crippen molar-refractivity contribution in [2.24, 2.45) is 11.8 Å². The summed E-state index contributed by atoms with van der Waals surface area (Å²) in [7, 11) is 0. The molecule has 2 heterocycles. The van der Waals surface area contributed by atoms with Crippen molar-refractivity contribution in [2.45, 2.75) is 57.0 Å². The van der Waals surface area contributed by atoms with Gasteiger partial charge < -0.3 is 10.0 Å². The Labute approximate surface area is 99.0 Å². The molecule has 1 N–H and O–H groups in total. The molecule has 0 aromatic carbocycles. The van der Waals surface area contributed by atoms with Crippen molar-refractivity contribution in [1.82, 2.24) is 4.90 Å². The van der Waals surface area contributed by atoms with Crippen LogP contribution in [0.25, 0.3) is 0 Å². The SMILES string of the molecule is OC1(CC2CCCCC2)CCN2CCC1C2. The van der Waals surface area contributed by atoms with Gasteiger partial charge in [0.2, 0.25) is 0 Å². The molecule has 3 fully saturated rings. The second kappa shape index (κ2) is 4.30. The van der Waals surface area contributed by atoms with Crippen molar-refractivity contribution in [3.05, 3.63) is 0 Å². The van der Waals surface area contributed by atoms with Crippen LogP contribution in [0.15, 0.2) is 0 Å². The predicted molar refractivity (Wildman–Crippen MR) is 65.3 cm³/mol. The first-order chi connectivity index (χ1) is 7.76. The lowest BCUT2D eigenvalue weighted by molar-refractivity contribution is -0.0651. The molecule has 2 aliphatic heterocycles. The minimum absolute atomic E-state index is 0.297. The second-order valence-corrected chi connectivity index (χ2v) is 6.35. The largest absolute Gasteiger partial charge is 0.389 e. The predicted octanol–water partition coefficient (Wildman–Crippen LogP) is 2.41. The zero-order valence-corrected chi connectivity index (χ0v) is 10.3. The van der Waals surface area contributed by atoms with E-state index in [0.717, 1.165) is 25.3 Å². The van der Waals surface area contributed by atoms with Crippen LogP contribution >= 0.6 is 0 Å². The minimum atomic E-state index is -0.297. The minimum Gasteiger partial charge on any atom is -0.389 e. The number of aliphatic hydroxyl groups is 1. The fourth-order valence-electron chi connectivity index (χ4n) is 4.19. The molecule has 3 rings (SSSR count). The van der Waals surface area contributed by atoms with E-state index in [0.29, 0.717) is 5.92 Å². The molecule has 16 heavy (non-hydrogen) atoms. The van der Waals surface area contributed by atoms with E-state index in [4.69, 9.17) is 0 Å². The van der Waals surface area contributed by atoms with Gasteiger partial charge in [-0.25, -0.2) is 0 Å². The Morgan fingerprint density at radius 1 is 1.06 bits per heavy atom. The van der Waals surface area contributed by atoms with Crippen molar-refractivity contribution in [2.75, 3.05) is 19.6 Å².